The average molecular weight is 398 g/mol. The summed E-state index contributed by atoms with van der Waals surface area (Å²) in [6.07, 6.45) is -0.594. The molecular formula is C22H26N2O5. The first-order valence-corrected chi connectivity index (χ1v) is 9.41. The number of hydrogen-bond donors (Lipinski definition) is 3. The smallest absolute Gasteiger partial charge is 0.408 e. The van der Waals surface area contributed by atoms with Crippen LogP contribution in [0.1, 0.15) is 25.0 Å². The zero-order valence-electron chi connectivity index (χ0n) is 16.5. The summed E-state index contributed by atoms with van der Waals surface area (Å²) in [5.74, 6) is -1.97. The second-order valence-electron chi connectivity index (χ2n) is 7.02. The molecule has 0 bridgehead atoms. The van der Waals surface area contributed by atoms with Gasteiger partial charge in [-0.05, 0) is 17.0 Å². The van der Waals surface area contributed by atoms with Gasteiger partial charge in [-0.3, -0.25) is 4.79 Å². The molecule has 0 aromatic heterocycles. The normalized spacial score (nSPS) is 12.7. The molecule has 0 saturated carbocycles. The van der Waals surface area contributed by atoms with Crippen molar-refractivity contribution in [1.29, 1.82) is 0 Å². The Hall–Kier alpha value is -3.35. The van der Waals surface area contributed by atoms with E-state index in [1.807, 2.05) is 36.4 Å². The number of rotatable bonds is 9. The molecule has 2 amide bonds. The summed E-state index contributed by atoms with van der Waals surface area (Å²) in [6, 6.07) is 16.2. The van der Waals surface area contributed by atoms with Gasteiger partial charge in [0, 0.05) is 6.42 Å². The van der Waals surface area contributed by atoms with E-state index >= 15 is 0 Å². The highest BCUT2D eigenvalue weighted by Gasteiger charge is 2.29. The van der Waals surface area contributed by atoms with Crippen LogP contribution in [0.4, 0.5) is 4.79 Å². The molecule has 29 heavy (non-hydrogen) atoms. The molecule has 7 heteroatoms. The molecular weight excluding hydrogens is 372 g/mol. The third-order valence-electron chi connectivity index (χ3n) is 4.33. The van der Waals surface area contributed by atoms with Crippen LogP contribution in [0.25, 0.3) is 0 Å². The zero-order valence-corrected chi connectivity index (χ0v) is 16.5. The SMILES string of the molecule is CC(C)[C@H](NC(=O)OCc1ccccc1)C(=O)NC(Cc1ccccc1)C(=O)O. The van der Waals surface area contributed by atoms with E-state index in [-0.39, 0.29) is 18.9 Å². The number of ether oxygens (including phenoxy) is 1. The number of benzene rings is 2. The van der Waals surface area contributed by atoms with Gasteiger partial charge < -0.3 is 20.5 Å². The lowest BCUT2D eigenvalue weighted by Gasteiger charge is -2.24. The predicted molar refractivity (Wildman–Crippen MR) is 108 cm³/mol. The summed E-state index contributed by atoms with van der Waals surface area (Å²) in [5.41, 5.74) is 1.61. The molecule has 0 aliphatic rings. The van der Waals surface area contributed by atoms with Crippen molar-refractivity contribution in [3.8, 4) is 0 Å². The Labute approximate surface area is 170 Å². The van der Waals surface area contributed by atoms with E-state index in [9.17, 15) is 19.5 Å². The van der Waals surface area contributed by atoms with Crippen LogP contribution in [0, 0.1) is 5.92 Å². The number of alkyl carbamates (subject to hydrolysis) is 1. The zero-order chi connectivity index (χ0) is 21.2. The van der Waals surface area contributed by atoms with Crippen LogP contribution in [0.3, 0.4) is 0 Å². The van der Waals surface area contributed by atoms with Gasteiger partial charge in [-0.25, -0.2) is 9.59 Å². The fourth-order valence-corrected chi connectivity index (χ4v) is 2.74. The van der Waals surface area contributed by atoms with E-state index in [1.54, 1.807) is 38.1 Å². The second kappa shape index (κ2) is 10.8. The lowest BCUT2D eigenvalue weighted by Crippen LogP contribution is -2.54. The Morgan fingerprint density at radius 3 is 1.97 bits per heavy atom. The van der Waals surface area contributed by atoms with Crippen LogP contribution in [0.5, 0.6) is 0 Å². The van der Waals surface area contributed by atoms with Crippen LogP contribution >= 0.6 is 0 Å². The number of carboxylic acids is 1. The minimum Gasteiger partial charge on any atom is -0.480 e. The van der Waals surface area contributed by atoms with Crippen molar-refractivity contribution in [3.05, 3.63) is 71.8 Å². The molecule has 0 saturated heterocycles. The van der Waals surface area contributed by atoms with Gasteiger partial charge in [0.25, 0.3) is 0 Å². The van der Waals surface area contributed by atoms with Crippen molar-refractivity contribution < 1.29 is 24.2 Å². The molecule has 0 spiro atoms. The molecule has 0 heterocycles. The highest BCUT2D eigenvalue weighted by Crippen LogP contribution is 2.08. The largest absolute Gasteiger partial charge is 0.480 e. The lowest BCUT2D eigenvalue weighted by molar-refractivity contribution is -0.142. The number of carboxylic acid groups (broad SMARTS) is 1. The molecule has 154 valence electrons. The molecule has 2 atom stereocenters. The Morgan fingerprint density at radius 1 is 0.897 bits per heavy atom. The maximum absolute atomic E-state index is 12.7. The minimum absolute atomic E-state index is 0.0743. The number of hydrogen-bond acceptors (Lipinski definition) is 4. The summed E-state index contributed by atoms with van der Waals surface area (Å²) in [7, 11) is 0. The molecule has 3 N–H and O–H groups in total. The summed E-state index contributed by atoms with van der Waals surface area (Å²) >= 11 is 0. The van der Waals surface area contributed by atoms with Crippen LogP contribution < -0.4 is 10.6 Å². The Balaban J connectivity index is 1.96. The van der Waals surface area contributed by atoms with E-state index in [0.717, 1.165) is 11.1 Å². The highest BCUT2D eigenvalue weighted by molar-refractivity contribution is 5.89. The first-order chi connectivity index (χ1) is 13.9. The van der Waals surface area contributed by atoms with Gasteiger partial charge >= 0.3 is 12.1 Å². The van der Waals surface area contributed by atoms with Crippen molar-refractivity contribution >= 4 is 18.0 Å². The first-order valence-electron chi connectivity index (χ1n) is 9.41. The molecule has 2 aromatic carbocycles. The average Bonchev–Trinajstić information content (AvgIpc) is 2.71. The van der Waals surface area contributed by atoms with E-state index in [0.29, 0.717) is 0 Å². The maximum Gasteiger partial charge on any atom is 0.408 e. The standard InChI is InChI=1S/C22H26N2O5/c1-15(2)19(24-22(28)29-14-17-11-7-4-8-12-17)20(25)23-18(21(26)27)13-16-9-5-3-6-10-16/h3-12,15,18-19H,13-14H2,1-2H3,(H,23,25)(H,24,28)(H,26,27)/t18?,19-/m0/s1. The summed E-state index contributed by atoms with van der Waals surface area (Å²) < 4.78 is 5.16. The van der Waals surface area contributed by atoms with E-state index < -0.39 is 30.1 Å². The van der Waals surface area contributed by atoms with Gasteiger partial charge in [-0.15, -0.1) is 0 Å². The summed E-state index contributed by atoms with van der Waals surface area (Å²) in [4.78, 5) is 36.4. The highest BCUT2D eigenvalue weighted by atomic mass is 16.5. The van der Waals surface area contributed by atoms with Crippen LogP contribution in [-0.4, -0.2) is 35.2 Å². The number of carbonyl (C=O) groups excluding carboxylic acids is 2. The summed E-state index contributed by atoms with van der Waals surface area (Å²) in [5, 5.41) is 14.5. The molecule has 0 aliphatic heterocycles. The van der Waals surface area contributed by atoms with Gasteiger partial charge in [-0.1, -0.05) is 74.5 Å². The monoisotopic (exact) mass is 398 g/mol. The van der Waals surface area contributed by atoms with Gasteiger partial charge in [0.1, 0.15) is 18.7 Å². The van der Waals surface area contributed by atoms with Crippen molar-refractivity contribution in [1.82, 2.24) is 10.6 Å². The van der Waals surface area contributed by atoms with Crippen molar-refractivity contribution in [2.75, 3.05) is 0 Å². The topological polar surface area (TPSA) is 105 Å². The van der Waals surface area contributed by atoms with Crippen molar-refractivity contribution in [2.45, 2.75) is 39.0 Å². The quantitative estimate of drug-likeness (QED) is 0.602. The maximum atomic E-state index is 12.7. The van der Waals surface area contributed by atoms with Gasteiger partial charge in [0.05, 0.1) is 0 Å². The Morgan fingerprint density at radius 2 is 1.45 bits per heavy atom. The molecule has 2 aromatic rings. The van der Waals surface area contributed by atoms with E-state index in [1.165, 1.54) is 0 Å². The van der Waals surface area contributed by atoms with Crippen molar-refractivity contribution in [2.24, 2.45) is 5.92 Å². The fourth-order valence-electron chi connectivity index (χ4n) is 2.74. The second-order valence-corrected chi connectivity index (χ2v) is 7.02. The van der Waals surface area contributed by atoms with Crippen LogP contribution in [0.15, 0.2) is 60.7 Å². The summed E-state index contributed by atoms with van der Waals surface area (Å²) in [6.45, 7) is 3.59. The molecule has 0 aliphatic carbocycles. The fraction of sp³-hybridized carbons (Fsp3) is 0.318. The first kappa shape index (κ1) is 21.9. The minimum atomic E-state index is -1.14. The molecule has 0 radical (unpaired) electrons. The predicted octanol–water partition coefficient (Wildman–Crippen LogP) is 2.75. The molecule has 0 fully saturated rings. The van der Waals surface area contributed by atoms with E-state index in [2.05, 4.69) is 10.6 Å². The molecule has 7 nitrogen and oxygen atoms in total. The number of carbonyl (C=O) groups is 3. The van der Waals surface area contributed by atoms with Crippen LogP contribution in [-0.2, 0) is 27.4 Å². The van der Waals surface area contributed by atoms with Gasteiger partial charge in [0.2, 0.25) is 5.91 Å². The molecule has 2 rings (SSSR count). The number of amides is 2. The third-order valence-corrected chi connectivity index (χ3v) is 4.33. The van der Waals surface area contributed by atoms with Crippen LogP contribution in [0.2, 0.25) is 0 Å². The lowest BCUT2D eigenvalue weighted by atomic mass is 10.0. The third kappa shape index (κ3) is 7.29. The van der Waals surface area contributed by atoms with Gasteiger partial charge in [-0.2, -0.15) is 0 Å². The van der Waals surface area contributed by atoms with Crippen molar-refractivity contribution in [3.63, 3.8) is 0 Å². The Bertz CT molecular complexity index is 808. The van der Waals surface area contributed by atoms with Gasteiger partial charge in [0.15, 0.2) is 0 Å². The number of aliphatic carboxylic acids is 1. The Kier molecular flexibility index (Phi) is 8.21. The number of nitrogens with one attached hydrogen (secondary N) is 2. The van der Waals surface area contributed by atoms with E-state index in [4.69, 9.17) is 4.74 Å². The molecule has 1 unspecified atom stereocenters.